The summed E-state index contributed by atoms with van der Waals surface area (Å²) in [5.74, 6) is 0.0683. The number of hydrogen-bond donors (Lipinski definition) is 1. The molecule has 0 unspecified atom stereocenters. The monoisotopic (exact) mass is 393 g/mol. The van der Waals surface area contributed by atoms with E-state index >= 15 is 0 Å². The molecular weight excluding hydrogens is 370 g/mol. The Hall–Kier alpha value is -3.29. The van der Waals surface area contributed by atoms with Crippen molar-refractivity contribution in [2.75, 3.05) is 12.4 Å². The first-order valence-corrected chi connectivity index (χ1v) is 9.67. The molecule has 3 aromatic heterocycles. The molecule has 0 aliphatic heterocycles. The van der Waals surface area contributed by atoms with Crippen LogP contribution in [0, 0.1) is 11.8 Å². The van der Waals surface area contributed by atoms with Gasteiger partial charge in [-0.2, -0.15) is 5.10 Å². The number of methoxy groups -OCH3 is 1. The molecule has 1 saturated carbocycles. The summed E-state index contributed by atoms with van der Waals surface area (Å²) < 4.78 is 6.54. The maximum absolute atomic E-state index is 12.7. The number of ether oxygens (including phenoxy) is 1. The molecule has 1 fully saturated rings. The third kappa shape index (κ3) is 4.11. The van der Waals surface area contributed by atoms with Gasteiger partial charge in [0.15, 0.2) is 0 Å². The molecule has 8 nitrogen and oxygen atoms in total. The lowest BCUT2D eigenvalue weighted by molar-refractivity contribution is -0.147. The van der Waals surface area contributed by atoms with E-state index in [4.69, 9.17) is 4.74 Å². The van der Waals surface area contributed by atoms with Gasteiger partial charge in [0.05, 0.1) is 24.9 Å². The smallest absolute Gasteiger partial charge is 0.308 e. The fourth-order valence-corrected chi connectivity index (χ4v) is 3.80. The first-order chi connectivity index (χ1) is 14.0. The number of amides is 1. The zero-order valence-corrected chi connectivity index (χ0v) is 16.5. The van der Waals surface area contributed by atoms with Gasteiger partial charge in [0.2, 0.25) is 5.91 Å². The summed E-state index contributed by atoms with van der Waals surface area (Å²) in [4.78, 5) is 33.1. The Bertz CT molecular complexity index is 1050. The summed E-state index contributed by atoms with van der Waals surface area (Å²) in [5.41, 5.74) is 1.74. The summed E-state index contributed by atoms with van der Waals surface area (Å²) >= 11 is 0. The van der Waals surface area contributed by atoms with Crippen LogP contribution in [0.2, 0.25) is 0 Å². The van der Waals surface area contributed by atoms with Crippen LogP contribution >= 0.6 is 0 Å². The molecule has 1 aliphatic rings. The van der Waals surface area contributed by atoms with E-state index in [0.717, 1.165) is 22.0 Å². The lowest BCUT2D eigenvalue weighted by Gasteiger charge is -2.25. The number of carbonyl (C=O) groups excluding carboxylic acids is 2. The summed E-state index contributed by atoms with van der Waals surface area (Å²) in [6.45, 7) is 0. The average molecular weight is 393 g/mol. The number of nitrogens with zero attached hydrogens (tertiary/aromatic N) is 4. The molecule has 3 heterocycles. The Morgan fingerprint density at radius 3 is 2.45 bits per heavy atom. The van der Waals surface area contributed by atoms with Crippen molar-refractivity contribution in [1.82, 2.24) is 19.7 Å². The summed E-state index contributed by atoms with van der Waals surface area (Å²) in [6, 6.07) is 3.82. The second-order valence-electron chi connectivity index (χ2n) is 7.45. The summed E-state index contributed by atoms with van der Waals surface area (Å²) in [5, 5.41) is 8.94. The Labute approximate surface area is 168 Å². The van der Waals surface area contributed by atoms with Crippen LogP contribution in [-0.2, 0) is 21.4 Å². The third-order valence-electron chi connectivity index (χ3n) is 5.49. The van der Waals surface area contributed by atoms with Crippen molar-refractivity contribution in [3.05, 3.63) is 36.9 Å². The molecule has 4 rings (SSSR count). The van der Waals surface area contributed by atoms with Gasteiger partial charge in [0, 0.05) is 42.5 Å². The Kier molecular flexibility index (Phi) is 5.24. The second-order valence-corrected chi connectivity index (χ2v) is 7.45. The Balaban J connectivity index is 1.46. The van der Waals surface area contributed by atoms with E-state index in [1.54, 1.807) is 23.3 Å². The quantitative estimate of drug-likeness (QED) is 0.684. The number of rotatable bonds is 4. The van der Waals surface area contributed by atoms with Crippen LogP contribution < -0.4 is 5.32 Å². The van der Waals surface area contributed by atoms with Crippen LogP contribution in [0.4, 0.5) is 5.82 Å². The molecule has 29 heavy (non-hydrogen) atoms. The highest BCUT2D eigenvalue weighted by Crippen LogP contribution is 2.30. The van der Waals surface area contributed by atoms with Crippen LogP contribution in [-0.4, -0.2) is 38.7 Å². The topological polar surface area (TPSA) is 99.0 Å². The van der Waals surface area contributed by atoms with E-state index in [2.05, 4.69) is 20.4 Å². The SMILES string of the molecule is COC(=O)[C@H]1CC[C@H](C(=O)Nc2cc3cc(-c4cnn(C)c4)ncc3cn2)CC1. The van der Waals surface area contributed by atoms with Crippen molar-refractivity contribution >= 4 is 28.5 Å². The van der Waals surface area contributed by atoms with Gasteiger partial charge in [-0.15, -0.1) is 0 Å². The Morgan fingerprint density at radius 1 is 1.03 bits per heavy atom. The zero-order valence-electron chi connectivity index (χ0n) is 16.5. The molecule has 0 spiro atoms. The van der Waals surface area contributed by atoms with Crippen LogP contribution in [0.15, 0.2) is 36.9 Å². The minimum Gasteiger partial charge on any atom is -0.469 e. The van der Waals surface area contributed by atoms with Gasteiger partial charge in [-0.1, -0.05) is 0 Å². The van der Waals surface area contributed by atoms with Crippen molar-refractivity contribution in [3.63, 3.8) is 0 Å². The number of carbonyl (C=O) groups is 2. The average Bonchev–Trinajstić information content (AvgIpc) is 3.19. The lowest BCUT2D eigenvalue weighted by Crippen LogP contribution is -2.30. The van der Waals surface area contributed by atoms with E-state index < -0.39 is 0 Å². The maximum Gasteiger partial charge on any atom is 0.308 e. The minimum absolute atomic E-state index is 0.0540. The van der Waals surface area contributed by atoms with Crippen molar-refractivity contribution in [2.45, 2.75) is 25.7 Å². The highest BCUT2D eigenvalue weighted by molar-refractivity contribution is 5.94. The molecule has 1 amide bonds. The van der Waals surface area contributed by atoms with Gasteiger partial charge >= 0.3 is 5.97 Å². The molecule has 0 saturated heterocycles. The molecule has 0 atom stereocenters. The van der Waals surface area contributed by atoms with Crippen molar-refractivity contribution in [3.8, 4) is 11.3 Å². The van der Waals surface area contributed by atoms with Crippen LogP contribution in [0.5, 0.6) is 0 Å². The van der Waals surface area contributed by atoms with Crippen molar-refractivity contribution in [1.29, 1.82) is 0 Å². The number of aromatic nitrogens is 4. The van der Waals surface area contributed by atoms with Crippen LogP contribution in [0.1, 0.15) is 25.7 Å². The highest BCUT2D eigenvalue weighted by Gasteiger charge is 2.30. The maximum atomic E-state index is 12.7. The molecule has 150 valence electrons. The van der Waals surface area contributed by atoms with E-state index in [9.17, 15) is 9.59 Å². The van der Waals surface area contributed by atoms with Gasteiger partial charge in [0.1, 0.15) is 5.82 Å². The van der Waals surface area contributed by atoms with E-state index in [0.29, 0.717) is 31.5 Å². The summed E-state index contributed by atoms with van der Waals surface area (Å²) in [7, 11) is 3.27. The van der Waals surface area contributed by atoms with Gasteiger partial charge < -0.3 is 10.1 Å². The number of nitrogens with one attached hydrogen (secondary N) is 1. The van der Waals surface area contributed by atoms with Crippen LogP contribution in [0.3, 0.4) is 0 Å². The first-order valence-electron chi connectivity index (χ1n) is 9.67. The standard InChI is InChI=1S/C21H23N5O3/c1-26-12-17(11-24-26)18-7-15-8-19(23-10-16(15)9-22-18)25-20(27)13-3-5-14(6-4-13)21(28)29-2/h7-14H,3-6H2,1-2H3,(H,23,25,27)/t13-,14-. The second kappa shape index (κ2) is 7.98. The fourth-order valence-electron chi connectivity index (χ4n) is 3.80. The number of hydrogen-bond acceptors (Lipinski definition) is 6. The van der Waals surface area contributed by atoms with Crippen molar-refractivity contribution in [2.24, 2.45) is 18.9 Å². The minimum atomic E-state index is -0.182. The lowest BCUT2D eigenvalue weighted by atomic mass is 9.81. The molecule has 0 aromatic carbocycles. The van der Waals surface area contributed by atoms with E-state index in [1.165, 1.54) is 7.11 Å². The molecule has 1 N–H and O–H groups in total. The molecule has 0 radical (unpaired) electrons. The van der Waals surface area contributed by atoms with Gasteiger partial charge in [-0.05, 0) is 43.2 Å². The number of pyridine rings is 2. The highest BCUT2D eigenvalue weighted by atomic mass is 16.5. The molecule has 8 heteroatoms. The number of fused-ring (bicyclic) bond motifs is 1. The first kappa shape index (κ1) is 19.0. The van der Waals surface area contributed by atoms with Gasteiger partial charge in [-0.25, -0.2) is 4.98 Å². The molecular formula is C21H23N5O3. The third-order valence-corrected chi connectivity index (χ3v) is 5.49. The fraction of sp³-hybridized carbons (Fsp3) is 0.381. The normalized spacial score (nSPS) is 19.1. The van der Waals surface area contributed by atoms with Crippen molar-refractivity contribution < 1.29 is 14.3 Å². The summed E-state index contributed by atoms with van der Waals surface area (Å²) in [6.07, 6.45) is 9.85. The predicted octanol–water partition coefficient (Wildman–Crippen LogP) is 2.95. The van der Waals surface area contributed by atoms with Gasteiger partial charge in [0.25, 0.3) is 0 Å². The molecule has 1 aliphatic carbocycles. The number of anilines is 1. The largest absolute Gasteiger partial charge is 0.469 e. The van der Waals surface area contributed by atoms with E-state index in [-0.39, 0.29) is 23.7 Å². The Morgan fingerprint density at radius 2 is 1.76 bits per heavy atom. The van der Waals surface area contributed by atoms with E-state index in [1.807, 2.05) is 25.4 Å². The predicted molar refractivity (Wildman–Crippen MR) is 108 cm³/mol. The molecule has 0 bridgehead atoms. The van der Waals surface area contributed by atoms with Crippen LogP contribution in [0.25, 0.3) is 22.0 Å². The number of esters is 1. The number of aryl methyl sites for hydroxylation is 1. The molecule has 3 aromatic rings. The zero-order chi connectivity index (χ0) is 20.4. The van der Waals surface area contributed by atoms with Gasteiger partial charge in [-0.3, -0.25) is 19.3 Å².